The van der Waals surface area contributed by atoms with Crippen LogP contribution in [0.3, 0.4) is 0 Å². The maximum absolute atomic E-state index is 5.71. The van der Waals surface area contributed by atoms with Crippen molar-refractivity contribution in [2.45, 2.75) is 32.9 Å². The van der Waals surface area contributed by atoms with Crippen molar-refractivity contribution in [3.05, 3.63) is 65.7 Å². The van der Waals surface area contributed by atoms with Gasteiger partial charge in [0.2, 0.25) is 0 Å². The fourth-order valence-corrected chi connectivity index (χ4v) is 2.54. The van der Waals surface area contributed by atoms with Gasteiger partial charge in [-0.15, -0.1) is 24.0 Å². The molecule has 0 fully saturated rings. The van der Waals surface area contributed by atoms with Crippen molar-refractivity contribution in [2.24, 2.45) is 4.99 Å². The molecule has 2 N–H and O–H groups in total. The Morgan fingerprint density at radius 3 is 2.36 bits per heavy atom. The Bertz CT molecular complexity index is 663. The quantitative estimate of drug-likeness (QED) is 0.210. The molecular weight excluding hydrogens is 465 g/mol. The van der Waals surface area contributed by atoms with Crippen LogP contribution in [0.2, 0.25) is 0 Å². The van der Waals surface area contributed by atoms with Crippen molar-refractivity contribution < 1.29 is 9.47 Å². The third-order valence-corrected chi connectivity index (χ3v) is 4.04. The zero-order chi connectivity index (χ0) is 19.2. The standard InChI is InChI=1S/C22H31N3O2.HI/c1-3-23-22(25-17-19-11-13-21(26-2)14-12-19)24-15-7-8-16-27-18-20-9-5-4-6-10-20;/h4-6,9-14H,3,7-8,15-18H2,1-2H3,(H2,23,24,25);1H. The first-order valence-corrected chi connectivity index (χ1v) is 9.58. The van der Waals surface area contributed by atoms with Gasteiger partial charge in [-0.05, 0) is 43.0 Å². The van der Waals surface area contributed by atoms with E-state index in [0.29, 0.717) is 13.2 Å². The van der Waals surface area contributed by atoms with E-state index in [1.165, 1.54) is 5.56 Å². The maximum Gasteiger partial charge on any atom is 0.191 e. The number of halogens is 1. The molecule has 0 aliphatic heterocycles. The molecule has 0 unspecified atom stereocenters. The molecular formula is C22H32IN3O2. The third-order valence-electron chi connectivity index (χ3n) is 4.04. The summed E-state index contributed by atoms with van der Waals surface area (Å²) in [7, 11) is 1.67. The van der Waals surface area contributed by atoms with Gasteiger partial charge in [-0.25, -0.2) is 4.99 Å². The number of ether oxygens (including phenoxy) is 2. The SMILES string of the molecule is CCNC(=NCc1ccc(OC)cc1)NCCCCOCc1ccccc1.I. The summed E-state index contributed by atoms with van der Waals surface area (Å²) in [4.78, 5) is 4.64. The van der Waals surface area contributed by atoms with Crippen LogP contribution in [0.1, 0.15) is 30.9 Å². The third kappa shape index (κ3) is 9.94. The lowest BCUT2D eigenvalue weighted by atomic mass is 10.2. The average Bonchev–Trinajstić information content (AvgIpc) is 2.72. The van der Waals surface area contributed by atoms with Crippen LogP contribution in [0.15, 0.2) is 59.6 Å². The number of hydrogen-bond donors (Lipinski definition) is 2. The Hall–Kier alpha value is -1.80. The molecule has 6 heteroatoms. The lowest BCUT2D eigenvalue weighted by Gasteiger charge is -2.11. The van der Waals surface area contributed by atoms with Gasteiger partial charge in [0.25, 0.3) is 0 Å². The fraction of sp³-hybridized carbons (Fsp3) is 0.409. The zero-order valence-corrected chi connectivity index (χ0v) is 19.1. The van der Waals surface area contributed by atoms with E-state index in [2.05, 4.69) is 34.7 Å². The molecule has 0 aromatic heterocycles. The van der Waals surface area contributed by atoms with Crippen molar-refractivity contribution in [3.63, 3.8) is 0 Å². The first-order chi connectivity index (χ1) is 13.3. The molecule has 0 bridgehead atoms. The van der Waals surface area contributed by atoms with E-state index in [1.54, 1.807) is 7.11 Å². The van der Waals surface area contributed by atoms with Gasteiger partial charge >= 0.3 is 0 Å². The number of benzene rings is 2. The predicted octanol–water partition coefficient (Wildman–Crippen LogP) is 4.37. The number of nitrogens with zero attached hydrogens (tertiary/aromatic N) is 1. The number of rotatable bonds is 11. The molecule has 2 aromatic carbocycles. The first kappa shape index (κ1) is 24.2. The maximum atomic E-state index is 5.71. The lowest BCUT2D eigenvalue weighted by molar-refractivity contribution is 0.117. The summed E-state index contributed by atoms with van der Waals surface area (Å²) in [6.07, 6.45) is 2.07. The fourth-order valence-electron chi connectivity index (χ4n) is 2.54. The molecule has 0 saturated heterocycles. The topological polar surface area (TPSA) is 54.9 Å². The van der Waals surface area contributed by atoms with Gasteiger partial charge in [0.1, 0.15) is 5.75 Å². The number of nitrogens with one attached hydrogen (secondary N) is 2. The van der Waals surface area contributed by atoms with Crippen LogP contribution in [0.25, 0.3) is 0 Å². The van der Waals surface area contributed by atoms with Gasteiger partial charge in [-0.1, -0.05) is 42.5 Å². The van der Waals surface area contributed by atoms with Crippen molar-refractivity contribution >= 4 is 29.9 Å². The molecule has 0 amide bonds. The van der Waals surface area contributed by atoms with Gasteiger partial charge < -0.3 is 20.1 Å². The second-order valence-corrected chi connectivity index (χ2v) is 6.22. The Labute approximate surface area is 186 Å². The molecule has 0 atom stereocenters. The van der Waals surface area contributed by atoms with E-state index in [-0.39, 0.29) is 24.0 Å². The molecule has 0 spiro atoms. The normalized spacial score (nSPS) is 10.9. The second-order valence-electron chi connectivity index (χ2n) is 6.22. The largest absolute Gasteiger partial charge is 0.497 e. The molecule has 2 aromatic rings. The minimum atomic E-state index is 0. The summed E-state index contributed by atoms with van der Waals surface area (Å²) in [5.41, 5.74) is 2.37. The van der Waals surface area contributed by atoms with Crippen molar-refractivity contribution in [1.82, 2.24) is 10.6 Å². The van der Waals surface area contributed by atoms with Crippen molar-refractivity contribution in [1.29, 1.82) is 0 Å². The number of hydrogen-bond acceptors (Lipinski definition) is 3. The highest BCUT2D eigenvalue weighted by Crippen LogP contribution is 2.11. The van der Waals surface area contributed by atoms with Crippen LogP contribution < -0.4 is 15.4 Å². The molecule has 0 saturated carbocycles. The smallest absolute Gasteiger partial charge is 0.191 e. The average molecular weight is 497 g/mol. The Morgan fingerprint density at radius 1 is 0.929 bits per heavy atom. The summed E-state index contributed by atoms with van der Waals surface area (Å²) < 4.78 is 10.9. The molecule has 2 rings (SSSR count). The van der Waals surface area contributed by atoms with E-state index in [4.69, 9.17) is 9.47 Å². The van der Waals surface area contributed by atoms with Crippen molar-refractivity contribution in [3.8, 4) is 5.75 Å². The zero-order valence-electron chi connectivity index (χ0n) is 16.8. The molecule has 0 aliphatic rings. The van der Waals surface area contributed by atoms with Crippen LogP contribution >= 0.6 is 24.0 Å². The highest BCUT2D eigenvalue weighted by molar-refractivity contribution is 14.0. The summed E-state index contributed by atoms with van der Waals surface area (Å²) in [5.74, 6) is 1.71. The number of methoxy groups -OCH3 is 1. The van der Waals surface area contributed by atoms with E-state index in [9.17, 15) is 0 Å². The molecule has 0 radical (unpaired) electrons. The minimum absolute atomic E-state index is 0. The summed E-state index contributed by atoms with van der Waals surface area (Å²) in [5, 5.41) is 6.66. The van der Waals surface area contributed by atoms with Gasteiger partial charge in [-0.3, -0.25) is 0 Å². The molecule has 5 nitrogen and oxygen atoms in total. The van der Waals surface area contributed by atoms with Gasteiger partial charge in [0.05, 0.1) is 20.3 Å². The Kier molecular flexibility index (Phi) is 13.1. The monoisotopic (exact) mass is 497 g/mol. The van der Waals surface area contributed by atoms with Crippen LogP contribution in [0, 0.1) is 0 Å². The molecule has 0 heterocycles. The first-order valence-electron chi connectivity index (χ1n) is 9.58. The van der Waals surface area contributed by atoms with Crippen LogP contribution in [-0.4, -0.2) is 32.8 Å². The lowest BCUT2D eigenvalue weighted by Crippen LogP contribution is -2.37. The van der Waals surface area contributed by atoms with Gasteiger partial charge in [-0.2, -0.15) is 0 Å². The number of unbranched alkanes of at least 4 members (excludes halogenated alkanes) is 1. The number of guanidine groups is 1. The van der Waals surface area contributed by atoms with E-state index < -0.39 is 0 Å². The Morgan fingerprint density at radius 2 is 1.68 bits per heavy atom. The van der Waals surface area contributed by atoms with Crippen LogP contribution in [0.5, 0.6) is 5.75 Å². The van der Waals surface area contributed by atoms with E-state index >= 15 is 0 Å². The van der Waals surface area contributed by atoms with E-state index in [1.807, 2.05) is 42.5 Å². The summed E-state index contributed by atoms with van der Waals surface area (Å²) in [6.45, 7) is 5.88. The molecule has 0 aliphatic carbocycles. The Balaban J connectivity index is 0.00000392. The highest BCUT2D eigenvalue weighted by atomic mass is 127. The highest BCUT2D eigenvalue weighted by Gasteiger charge is 1.99. The molecule has 154 valence electrons. The molecule has 28 heavy (non-hydrogen) atoms. The van der Waals surface area contributed by atoms with Crippen LogP contribution in [-0.2, 0) is 17.9 Å². The van der Waals surface area contributed by atoms with Crippen molar-refractivity contribution in [2.75, 3.05) is 26.8 Å². The van der Waals surface area contributed by atoms with Gasteiger partial charge in [0, 0.05) is 19.7 Å². The van der Waals surface area contributed by atoms with Gasteiger partial charge in [0.15, 0.2) is 5.96 Å². The number of aliphatic imine (C=N–C) groups is 1. The van der Waals surface area contributed by atoms with E-state index in [0.717, 1.165) is 49.8 Å². The second kappa shape index (κ2) is 15.2. The summed E-state index contributed by atoms with van der Waals surface area (Å²) >= 11 is 0. The minimum Gasteiger partial charge on any atom is -0.497 e. The van der Waals surface area contributed by atoms with Crippen LogP contribution in [0.4, 0.5) is 0 Å². The summed E-state index contributed by atoms with van der Waals surface area (Å²) in [6, 6.07) is 18.3. The predicted molar refractivity (Wildman–Crippen MR) is 127 cm³/mol.